The predicted octanol–water partition coefficient (Wildman–Crippen LogP) is 2.04. The lowest BCUT2D eigenvalue weighted by Gasteiger charge is -2.27. The molecule has 3 rings (SSSR count). The van der Waals surface area contributed by atoms with E-state index in [9.17, 15) is 0 Å². The van der Waals surface area contributed by atoms with E-state index in [1.165, 1.54) is 12.0 Å². The van der Waals surface area contributed by atoms with Gasteiger partial charge in [-0.15, -0.1) is 0 Å². The van der Waals surface area contributed by atoms with Crippen LogP contribution in [0.2, 0.25) is 0 Å². The molecule has 2 aromatic rings. The lowest BCUT2D eigenvalue weighted by Crippen LogP contribution is -2.46. The number of hydrogen-bond donors (Lipinski definition) is 2. The van der Waals surface area contributed by atoms with Gasteiger partial charge < -0.3 is 19.9 Å². The molecule has 1 aliphatic rings. The highest BCUT2D eigenvalue weighted by Crippen LogP contribution is 2.23. The highest BCUT2D eigenvalue weighted by molar-refractivity contribution is 5.64. The van der Waals surface area contributed by atoms with Crippen LogP contribution in [0.5, 0.6) is 5.75 Å². The van der Waals surface area contributed by atoms with Crippen molar-refractivity contribution >= 4 is 0 Å². The van der Waals surface area contributed by atoms with E-state index in [2.05, 4.69) is 34.6 Å². The van der Waals surface area contributed by atoms with Crippen molar-refractivity contribution in [2.75, 3.05) is 33.0 Å². The standard InChI is InChI=1S/C19H24N2O3/c22-8-10-23-9-6-15-1-3-16(4-2-15)17-11-19(13-20-12-17)24-14-18-5-7-21-18/h1-4,11-13,18,21-22H,5-10,14H2/t18-/m0/s1. The molecular weight excluding hydrogens is 304 g/mol. The van der Waals surface area contributed by atoms with Crippen molar-refractivity contribution in [1.82, 2.24) is 10.3 Å². The Kier molecular flexibility index (Phi) is 6.18. The number of hydrogen-bond acceptors (Lipinski definition) is 5. The topological polar surface area (TPSA) is 63.6 Å². The summed E-state index contributed by atoms with van der Waals surface area (Å²) in [6.07, 6.45) is 5.63. The Labute approximate surface area is 142 Å². The molecule has 0 aliphatic carbocycles. The monoisotopic (exact) mass is 328 g/mol. The first-order chi connectivity index (χ1) is 11.8. The minimum atomic E-state index is 0.0706. The van der Waals surface area contributed by atoms with E-state index in [-0.39, 0.29) is 6.61 Å². The third-order valence-corrected chi connectivity index (χ3v) is 4.15. The molecule has 5 heteroatoms. The molecule has 2 heterocycles. The van der Waals surface area contributed by atoms with Gasteiger partial charge in [-0.1, -0.05) is 24.3 Å². The van der Waals surface area contributed by atoms with Crippen LogP contribution in [0.25, 0.3) is 11.1 Å². The summed E-state index contributed by atoms with van der Waals surface area (Å²) in [5.41, 5.74) is 3.39. The molecule has 0 unspecified atom stereocenters. The molecule has 128 valence electrons. The average molecular weight is 328 g/mol. The summed E-state index contributed by atoms with van der Waals surface area (Å²) < 4.78 is 11.1. The SMILES string of the molecule is OCCOCCc1ccc(-c2cncc(OC[C@@H]3CCN3)c2)cc1. The molecule has 0 spiro atoms. The molecule has 0 saturated carbocycles. The first kappa shape index (κ1) is 16.9. The molecule has 1 atom stereocenters. The second-order valence-corrected chi connectivity index (χ2v) is 5.94. The molecule has 1 aromatic carbocycles. The van der Waals surface area contributed by atoms with Gasteiger partial charge in [0, 0.05) is 17.8 Å². The van der Waals surface area contributed by atoms with Gasteiger partial charge in [0.1, 0.15) is 12.4 Å². The number of aromatic nitrogens is 1. The molecule has 0 bridgehead atoms. The van der Waals surface area contributed by atoms with Crippen LogP contribution in [0.1, 0.15) is 12.0 Å². The zero-order valence-electron chi connectivity index (χ0n) is 13.8. The minimum Gasteiger partial charge on any atom is -0.490 e. The lowest BCUT2D eigenvalue weighted by atomic mass is 10.0. The molecule has 1 aliphatic heterocycles. The summed E-state index contributed by atoms with van der Waals surface area (Å²) in [6, 6.07) is 10.9. The summed E-state index contributed by atoms with van der Waals surface area (Å²) in [5.74, 6) is 0.808. The number of pyridine rings is 1. The first-order valence-electron chi connectivity index (χ1n) is 8.44. The van der Waals surface area contributed by atoms with Gasteiger partial charge in [-0.2, -0.15) is 0 Å². The lowest BCUT2D eigenvalue weighted by molar-refractivity contribution is 0.0944. The van der Waals surface area contributed by atoms with Gasteiger partial charge in [0.05, 0.1) is 26.0 Å². The van der Waals surface area contributed by atoms with E-state index in [1.807, 2.05) is 12.3 Å². The predicted molar refractivity (Wildman–Crippen MR) is 93.2 cm³/mol. The van der Waals surface area contributed by atoms with Crippen LogP contribution in [0.3, 0.4) is 0 Å². The second-order valence-electron chi connectivity index (χ2n) is 5.94. The number of nitrogens with zero attached hydrogens (tertiary/aromatic N) is 1. The zero-order valence-corrected chi connectivity index (χ0v) is 13.8. The van der Waals surface area contributed by atoms with Crippen LogP contribution in [-0.4, -0.2) is 49.1 Å². The highest BCUT2D eigenvalue weighted by Gasteiger charge is 2.16. The fourth-order valence-electron chi connectivity index (χ4n) is 2.56. The van der Waals surface area contributed by atoms with Crippen molar-refractivity contribution in [2.24, 2.45) is 0 Å². The Morgan fingerprint density at radius 2 is 1.96 bits per heavy atom. The molecule has 0 amide bonds. The number of benzene rings is 1. The Morgan fingerprint density at radius 1 is 1.12 bits per heavy atom. The smallest absolute Gasteiger partial charge is 0.138 e. The molecular formula is C19H24N2O3. The zero-order chi connectivity index (χ0) is 16.6. The molecule has 2 N–H and O–H groups in total. The summed E-state index contributed by atoms with van der Waals surface area (Å²) >= 11 is 0. The van der Waals surface area contributed by atoms with Crippen molar-refractivity contribution in [2.45, 2.75) is 18.9 Å². The molecule has 1 aromatic heterocycles. The second kappa shape index (κ2) is 8.78. The fourth-order valence-corrected chi connectivity index (χ4v) is 2.56. The van der Waals surface area contributed by atoms with Crippen LogP contribution in [0.4, 0.5) is 0 Å². The van der Waals surface area contributed by atoms with Gasteiger partial charge in [0.25, 0.3) is 0 Å². The Bertz CT molecular complexity index is 627. The quantitative estimate of drug-likeness (QED) is 0.690. The maximum atomic E-state index is 8.69. The Balaban J connectivity index is 1.56. The van der Waals surface area contributed by atoms with Gasteiger partial charge in [-0.05, 0) is 36.6 Å². The summed E-state index contributed by atoms with van der Waals surface area (Å²) in [6.45, 7) is 2.87. The number of aliphatic hydroxyl groups excluding tert-OH is 1. The van der Waals surface area contributed by atoms with E-state index in [0.717, 1.165) is 29.8 Å². The largest absolute Gasteiger partial charge is 0.490 e. The number of aliphatic hydroxyl groups is 1. The number of ether oxygens (including phenoxy) is 2. The number of rotatable bonds is 9. The third kappa shape index (κ3) is 4.77. The van der Waals surface area contributed by atoms with Crippen molar-refractivity contribution in [3.8, 4) is 16.9 Å². The Morgan fingerprint density at radius 3 is 2.67 bits per heavy atom. The van der Waals surface area contributed by atoms with Gasteiger partial charge in [0.15, 0.2) is 0 Å². The maximum absolute atomic E-state index is 8.69. The van der Waals surface area contributed by atoms with Crippen molar-refractivity contribution in [1.29, 1.82) is 0 Å². The Hall–Kier alpha value is -1.95. The van der Waals surface area contributed by atoms with E-state index < -0.39 is 0 Å². The van der Waals surface area contributed by atoms with E-state index in [0.29, 0.717) is 25.9 Å². The fraction of sp³-hybridized carbons (Fsp3) is 0.421. The highest BCUT2D eigenvalue weighted by atomic mass is 16.5. The summed E-state index contributed by atoms with van der Waals surface area (Å²) in [4.78, 5) is 4.29. The van der Waals surface area contributed by atoms with Gasteiger partial charge in [-0.25, -0.2) is 0 Å². The maximum Gasteiger partial charge on any atom is 0.138 e. The normalized spacial score (nSPS) is 16.6. The van der Waals surface area contributed by atoms with Crippen LogP contribution < -0.4 is 10.1 Å². The first-order valence-corrected chi connectivity index (χ1v) is 8.44. The minimum absolute atomic E-state index is 0.0706. The van der Waals surface area contributed by atoms with Crippen molar-refractivity contribution in [3.05, 3.63) is 48.3 Å². The molecule has 5 nitrogen and oxygen atoms in total. The molecule has 0 radical (unpaired) electrons. The van der Waals surface area contributed by atoms with Gasteiger partial charge in [-0.3, -0.25) is 4.98 Å². The molecule has 24 heavy (non-hydrogen) atoms. The van der Waals surface area contributed by atoms with Crippen LogP contribution in [-0.2, 0) is 11.2 Å². The van der Waals surface area contributed by atoms with Gasteiger partial charge >= 0.3 is 0 Å². The average Bonchev–Trinajstić information content (AvgIpc) is 2.58. The van der Waals surface area contributed by atoms with E-state index in [1.54, 1.807) is 6.20 Å². The van der Waals surface area contributed by atoms with Crippen LogP contribution in [0.15, 0.2) is 42.7 Å². The van der Waals surface area contributed by atoms with Gasteiger partial charge in [0.2, 0.25) is 0 Å². The third-order valence-electron chi connectivity index (χ3n) is 4.15. The van der Waals surface area contributed by atoms with E-state index >= 15 is 0 Å². The summed E-state index contributed by atoms with van der Waals surface area (Å²) in [5, 5.41) is 12.0. The van der Waals surface area contributed by atoms with E-state index in [4.69, 9.17) is 14.6 Å². The summed E-state index contributed by atoms with van der Waals surface area (Å²) in [7, 11) is 0. The van der Waals surface area contributed by atoms with Crippen LogP contribution in [0, 0.1) is 0 Å². The molecule has 1 fully saturated rings. The van der Waals surface area contributed by atoms with Crippen molar-refractivity contribution < 1.29 is 14.6 Å². The van der Waals surface area contributed by atoms with Crippen molar-refractivity contribution in [3.63, 3.8) is 0 Å². The van der Waals surface area contributed by atoms with Crippen LogP contribution >= 0.6 is 0 Å². The molecule has 1 saturated heterocycles. The number of nitrogens with one attached hydrogen (secondary N) is 1.